The molecular formula is C17H23N3S. The molecule has 1 fully saturated rings. The van der Waals surface area contributed by atoms with Crippen molar-refractivity contribution in [2.45, 2.75) is 26.4 Å². The van der Waals surface area contributed by atoms with E-state index in [2.05, 4.69) is 51.4 Å². The van der Waals surface area contributed by atoms with Gasteiger partial charge in [0.15, 0.2) is 0 Å². The molecule has 0 aliphatic carbocycles. The molecule has 1 aromatic heterocycles. The van der Waals surface area contributed by atoms with Crippen LogP contribution in [-0.2, 0) is 13.1 Å². The summed E-state index contributed by atoms with van der Waals surface area (Å²) in [5.41, 5.74) is 6.01. The lowest BCUT2D eigenvalue weighted by Crippen LogP contribution is -2.30. The number of hydrogen-bond acceptors (Lipinski definition) is 4. The van der Waals surface area contributed by atoms with Crippen molar-refractivity contribution >= 4 is 11.3 Å². The molecule has 4 heteroatoms. The van der Waals surface area contributed by atoms with Crippen molar-refractivity contribution in [1.82, 2.24) is 14.8 Å². The molecule has 0 spiro atoms. The second-order valence-electron chi connectivity index (χ2n) is 5.81. The van der Waals surface area contributed by atoms with E-state index in [0.29, 0.717) is 0 Å². The van der Waals surface area contributed by atoms with Crippen molar-refractivity contribution in [2.24, 2.45) is 0 Å². The lowest BCUT2D eigenvalue weighted by atomic mass is 10.1. The summed E-state index contributed by atoms with van der Waals surface area (Å²) in [4.78, 5) is 9.52. The Morgan fingerprint density at radius 2 is 1.81 bits per heavy atom. The fourth-order valence-electron chi connectivity index (χ4n) is 2.91. The number of nitrogens with zero attached hydrogens (tertiary/aromatic N) is 3. The van der Waals surface area contributed by atoms with Crippen LogP contribution in [0.25, 0.3) is 0 Å². The molecule has 3 rings (SSSR count). The molecule has 2 aromatic rings. The van der Waals surface area contributed by atoms with E-state index in [0.717, 1.165) is 26.2 Å². The maximum atomic E-state index is 4.40. The van der Waals surface area contributed by atoms with Gasteiger partial charge in [-0.05, 0) is 37.6 Å². The first-order valence-corrected chi connectivity index (χ1v) is 8.62. The third kappa shape index (κ3) is 4.13. The normalized spacial score (nSPS) is 17.8. The van der Waals surface area contributed by atoms with Crippen molar-refractivity contribution in [3.05, 3.63) is 52.0 Å². The van der Waals surface area contributed by atoms with Crippen LogP contribution in [0.1, 0.15) is 23.2 Å². The summed E-state index contributed by atoms with van der Waals surface area (Å²) >= 11 is 1.69. The zero-order chi connectivity index (χ0) is 14.5. The van der Waals surface area contributed by atoms with E-state index in [1.807, 2.05) is 5.51 Å². The highest BCUT2D eigenvalue weighted by molar-refractivity contribution is 7.07. The smallest absolute Gasteiger partial charge is 0.0795 e. The molecule has 0 amide bonds. The molecule has 112 valence electrons. The van der Waals surface area contributed by atoms with Gasteiger partial charge in [-0.15, -0.1) is 11.3 Å². The molecule has 1 aliphatic heterocycles. The number of aryl methyl sites for hydroxylation is 1. The van der Waals surface area contributed by atoms with Gasteiger partial charge in [0.05, 0.1) is 11.2 Å². The molecule has 0 atom stereocenters. The van der Waals surface area contributed by atoms with E-state index in [1.165, 1.54) is 36.3 Å². The van der Waals surface area contributed by atoms with Crippen LogP contribution in [0.15, 0.2) is 35.2 Å². The fraction of sp³-hybridized carbons (Fsp3) is 0.471. The summed E-state index contributed by atoms with van der Waals surface area (Å²) in [6.45, 7) is 8.96. The van der Waals surface area contributed by atoms with Gasteiger partial charge >= 0.3 is 0 Å². The van der Waals surface area contributed by atoms with Crippen LogP contribution in [0.2, 0.25) is 0 Å². The predicted molar refractivity (Wildman–Crippen MR) is 88.5 cm³/mol. The van der Waals surface area contributed by atoms with E-state index in [9.17, 15) is 0 Å². The summed E-state index contributed by atoms with van der Waals surface area (Å²) in [5.74, 6) is 0. The highest BCUT2D eigenvalue weighted by Gasteiger charge is 2.16. The first-order chi connectivity index (χ1) is 10.3. The monoisotopic (exact) mass is 301 g/mol. The fourth-order valence-corrected chi connectivity index (χ4v) is 3.46. The van der Waals surface area contributed by atoms with Gasteiger partial charge in [-0.1, -0.05) is 24.3 Å². The van der Waals surface area contributed by atoms with Crippen molar-refractivity contribution in [3.63, 3.8) is 0 Å². The summed E-state index contributed by atoms with van der Waals surface area (Å²) in [5, 5.41) is 2.16. The van der Waals surface area contributed by atoms with Gasteiger partial charge in [0.25, 0.3) is 0 Å². The van der Waals surface area contributed by atoms with Crippen molar-refractivity contribution < 1.29 is 0 Å². The van der Waals surface area contributed by atoms with Crippen LogP contribution in [0.4, 0.5) is 0 Å². The molecule has 21 heavy (non-hydrogen) atoms. The molecule has 3 nitrogen and oxygen atoms in total. The second-order valence-corrected chi connectivity index (χ2v) is 6.53. The summed E-state index contributed by atoms with van der Waals surface area (Å²) < 4.78 is 0. The first kappa shape index (κ1) is 14.7. The summed E-state index contributed by atoms with van der Waals surface area (Å²) in [7, 11) is 0. The van der Waals surface area contributed by atoms with E-state index in [1.54, 1.807) is 11.3 Å². The topological polar surface area (TPSA) is 19.4 Å². The molecule has 0 saturated carbocycles. The third-order valence-corrected chi connectivity index (χ3v) is 4.84. The molecule has 1 aliphatic rings. The van der Waals surface area contributed by atoms with Crippen LogP contribution in [0.3, 0.4) is 0 Å². The highest BCUT2D eigenvalue weighted by atomic mass is 32.1. The van der Waals surface area contributed by atoms with Gasteiger partial charge in [0.2, 0.25) is 0 Å². The van der Waals surface area contributed by atoms with Gasteiger partial charge in [-0.2, -0.15) is 0 Å². The minimum Gasteiger partial charge on any atom is -0.298 e. The summed E-state index contributed by atoms with van der Waals surface area (Å²) in [6, 6.07) is 8.74. The first-order valence-electron chi connectivity index (χ1n) is 7.67. The van der Waals surface area contributed by atoms with Gasteiger partial charge in [0.1, 0.15) is 0 Å². The van der Waals surface area contributed by atoms with Crippen LogP contribution in [0.5, 0.6) is 0 Å². The van der Waals surface area contributed by atoms with Gasteiger partial charge in [0, 0.05) is 31.6 Å². The predicted octanol–water partition coefficient (Wildman–Crippen LogP) is 3.16. The number of hydrogen-bond donors (Lipinski definition) is 0. The lowest BCUT2D eigenvalue weighted by Gasteiger charge is -2.22. The minimum absolute atomic E-state index is 1.00. The molecular weight excluding hydrogens is 278 g/mol. The Labute approximate surface area is 131 Å². The Balaban J connectivity index is 1.54. The average molecular weight is 301 g/mol. The zero-order valence-electron chi connectivity index (χ0n) is 12.7. The standard InChI is InChI=1S/C17H23N3S/c1-15-5-2-3-6-16(15)11-19-7-4-8-20(10-9-19)12-17-13-21-14-18-17/h2-3,5-6,13-14H,4,7-12H2,1H3. The largest absolute Gasteiger partial charge is 0.298 e. The third-order valence-electron chi connectivity index (χ3n) is 4.21. The van der Waals surface area contributed by atoms with Crippen molar-refractivity contribution in [3.8, 4) is 0 Å². The molecule has 1 aromatic carbocycles. The molecule has 0 unspecified atom stereocenters. The average Bonchev–Trinajstić information content (AvgIpc) is 2.89. The Kier molecular flexibility index (Phi) is 5.01. The van der Waals surface area contributed by atoms with Crippen molar-refractivity contribution in [1.29, 1.82) is 0 Å². The van der Waals surface area contributed by atoms with Gasteiger partial charge in [-0.3, -0.25) is 9.80 Å². The van der Waals surface area contributed by atoms with Crippen molar-refractivity contribution in [2.75, 3.05) is 26.2 Å². The minimum atomic E-state index is 1.00. The van der Waals surface area contributed by atoms with E-state index < -0.39 is 0 Å². The quantitative estimate of drug-likeness (QED) is 0.865. The van der Waals surface area contributed by atoms with E-state index >= 15 is 0 Å². The van der Waals surface area contributed by atoms with Crippen LogP contribution >= 0.6 is 11.3 Å². The van der Waals surface area contributed by atoms with Crippen LogP contribution in [0, 0.1) is 6.92 Å². The van der Waals surface area contributed by atoms with Crippen LogP contribution < -0.4 is 0 Å². The maximum absolute atomic E-state index is 4.40. The molecule has 2 heterocycles. The Morgan fingerprint density at radius 1 is 1.05 bits per heavy atom. The Bertz CT molecular complexity index is 553. The summed E-state index contributed by atoms with van der Waals surface area (Å²) in [6.07, 6.45) is 1.25. The number of thiazole rings is 1. The van der Waals surface area contributed by atoms with Gasteiger partial charge in [-0.25, -0.2) is 4.98 Å². The lowest BCUT2D eigenvalue weighted by molar-refractivity contribution is 0.245. The number of rotatable bonds is 4. The SMILES string of the molecule is Cc1ccccc1CN1CCCN(Cc2cscn2)CC1. The maximum Gasteiger partial charge on any atom is 0.0795 e. The zero-order valence-corrected chi connectivity index (χ0v) is 13.5. The van der Waals surface area contributed by atoms with Gasteiger partial charge < -0.3 is 0 Å². The number of aromatic nitrogens is 1. The molecule has 0 N–H and O–H groups in total. The van der Waals surface area contributed by atoms with Crippen LogP contribution in [-0.4, -0.2) is 41.0 Å². The second kappa shape index (κ2) is 7.16. The Hall–Kier alpha value is -1.23. The van der Waals surface area contributed by atoms with E-state index in [4.69, 9.17) is 0 Å². The highest BCUT2D eigenvalue weighted by Crippen LogP contribution is 2.14. The Morgan fingerprint density at radius 3 is 2.52 bits per heavy atom. The number of benzene rings is 1. The molecule has 1 saturated heterocycles. The molecule has 0 bridgehead atoms. The molecule has 0 radical (unpaired) electrons. The van der Waals surface area contributed by atoms with E-state index in [-0.39, 0.29) is 0 Å².